The van der Waals surface area contributed by atoms with Gasteiger partial charge in [0.25, 0.3) is 0 Å². The van der Waals surface area contributed by atoms with Crippen LogP contribution in [0.1, 0.15) is 35.7 Å². The van der Waals surface area contributed by atoms with Crippen LogP contribution >= 0.6 is 0 Å². The topological polar surface area (TPSA) is 80.1 Å². The lowest BCUT2D eigenvalue weighted by atomic mass is 9.91. The number of carbonyl (C=O) groups is 2. The zero-order chi connectivity index (χ0) is 19.3. The molecule has 4 rings (SSSR count). The Hall–Kier alpha value is -2.83. The first-order valence-corrected chi connectivity index (χ1v) is 9.06. The van der Waals surface area contributed by atoms with Crippen molar-refractivity contribution < 1.29 is 18.7 Å². The van der Waals surface area contributed by atoms with Crippen molar-refractivity contribution in [3.63, 3.8) is 0 Å². The van der Waals surface area contributed by atoms with Gasteiger partial charge in [0, 0.05) is 39.0 Å². The van der Waals surface area contributed by atoms with Crippen molar-refractivity contribution in [2.24, 2.45) is 0 Å². The summed E-state index contributed by atoms with van der Waals surface area (Å²) in [7, 11) is 1.73. The summed E-state index contributed by atoms with van der Waals surface area (Å²) in [5.74, 6) is 0.314. The van der Waals surface area contributed by atoms with Crippen LogP contribution in [0.25, 0.3) is 11.0 Å². The van der Waals surface area contributed by atoms with Crippen molar-refractivity contribution in [3.05, 3.63) is 39.5 Å². The molecule has 0 aliphatic carbocycles. The molecule has 0 atom stereocenters. The maximum Gasteiger partial charge on any atom is 0.410 e. The number of carbonyl (C=O) groups excluding carboxylic acids is 2. The number of ketones is 1. The normalized spacial score (nSPS) is 19.0. The minimum Gasteiger partial charge on any atom is -0.441 e. The zero-order valence-electron chi connectivity index (χ0n) is 15.7. The van der Waals surface area contributed by atoms with E-state index in [9.17, 15) is 14.4 Å². The highest BCUT2D eigenvalue weighted by Gasteiger charge is 2.46. The first-order valence-electron chi connectivity index (χ1n) is 9.06. The van der Waals surface area contributed by atoms with Gasteiger partial charge in [-0.15, -0.1) is 0 Å². The maximum absolute atomic E-state index is 12.6. The number of anilines is 1. The summed E-state index contributed by atoms with van der Waals surface area (Å²) in [5, 5.41) is 0.420. The number of amides is 1. The van der Waals surface area contributed by atoms with Crippen molar-refractivity contribution >= 4 is 28.7 Å². The molecule has 27 heavy (non-hydrogen) atoms. The van der Waals surface area contributed by atoms with Crippen molar-refractivity contribution in [2.75, 3.05) is 31.6 Å². The van der Waals surface area contributed by atoms with Crippen LogP contribution in [0.4, 0.5) is 10.7 Å². The van der Waals surface area contributed by atoms with E-state index in [0.717, 1.165) is 5.56 Å². The predicted octanol–water partition coefficient (Wildman–Crippen LogP) is 2.73. The van der Waals surface area contributed by atoms with Gasteiger partial charge >= 0.3 is 6.09 Å². The summed E-state index contributed by atoms with van der Waals surface area (Å²) < 4.78 is 11.6. The molecule has 1 aromatic carbocycles. The minimum absolute atomic E-state index is 0.137. The number of rotatable bonds is 2. The van der Waals surface area contributed by atoms with Crippen molar-refractivity contribution in [2.45, 2.75) is 32.3 Å². The fraction of sp³-hybridized carbons (Fsp3) is 0.450. The number of aryl methyl sites for hydroxylation is 1. The number of benzene rings is 1. The molecule has 142 valence electrons. The van der Waals surface area contributed by atoms with Gasteiger partial charge in [0.15, 0.2) is 22.7 Å². The predicted molar refractivity (Wildman–Crippen MR) is 101 cm³/mol. The van der Waals surface area contributed by atoms with Gasteiger partial charge in [0.2, 0.25) is 0 Å². The fourth-order valence-electron chi connectivity index (χ4n) is 3.99. The summed E-state index contributed by atoms with van der Waals surface area (Å²) in [6, 6.07) is 4.98. The van der Waals surface area contributed by atoms with Gasteiger partial charge in [-0.1, -0.05) is 0 Å². The van der Waals surface area contributed by atoms with E-state index in [1.54, 1.807) is 24.1 Å². The third-order valence-electron chi connectivity index (χ3n) is 5.47. The highest BCUT2D eigenvalue weighted by atomic mass is 16.6. The van der Waals surface area contributed by atoms with Crippen LogP contribution in [-0.2, 0) is 4.74 Å². The zero-order valence-corrected chi connectivity index (χ0v) is 15.7. The molecule has 0 N–H and O–H groups in total. The minimum atomic E-state index is -0.457. The molecule has 7 heteroatoms. The third kappa shape index (κ3) is 2.97. The van der Waals surface area contributed by atoms with E-state index in [1.807, 2.05) is 11.8 Å². The quantitative estimate of drug-likeness (QED) is 0.756. The largest absolute Gasteiger partial charge is 0.441 e. The molecule has 1 aromatic heterocycles. The molecular weight excluding hydrogens is 348 g/mol. The maximum atomic E-state index is 12.6. The highest BCUT2D eigenvalue weighted by Crippen LogP contribution is 2.34. The Morgan fingerprint density at radius 3 is 2.44 bits per heavy atom. The van der Waals surface area contributed by atoms with Crippen LogP contribution in [0.3, 0.4) is 0 Å². The standard InChI is InChI=1S/C20H22N2O5/c1-12-8-14(13(2)23)18-15(9-12)16(24)10-17(26-18)22-6-4-20(5-7-22)11-21(3)19(25)27-20/h8-10H,4-7,11H2,1-3H3. The molecule has 0 unspecified atom stereocenters. The highest BCUT2D eigenvalue weighted by molar-refractivity contribution is 6.05. The number of Topliss-reactive ketones (excluding diaryl/α,β-unsaturated/α-hetero) is 1. The molecule has 1 amide bonds. The fourth-order valence-corrected chi connectivity index (χ4v) is 3.99. The van der Waals surface area contributed by atoms with Gasteiger partial charge < -0.3 is 19.0 Å². The Balaban J connectivity index is 1.67. The molecule has 2 aliphatic heterocycles. The van der Waals surface area contributed by atoms with Gasteiger partial charge in [-0.25, -0.2) is 4.79 Å². The molecule has 0 radical (unpaired) electrons. The number of hydrogen-bond donors (Lipinski definition) is 0. The van der Waals surface area contributed by atoms with Crippen molar-refractivity contribution in [1.29, 1.82) is 0 Å². The first kappa shape index (κ1) is 17.6. The number of nitrogens with zero attached hydrogens (tertiary/aromatic N) is 2. The van der Waals surface area contributed by atoms with Crippen molar-refractivity contribution in [3.8, 4) is 0 Å². The molecule has 2 fully saturated rings. The number of piperidine rings is 1. The van der Waals surface area contributed by atoms with Crippen molar-refractivity contribution in [1.82, 2.24) is 4.90 Å². The van der Waals surface area contributed by atoms with Gasteiger partial charge in [-0.3, -0.25) is 9.59 Å². The average molecular weight is 370 g/mol. The smallest absolute Gasteiger partial charge is 0.410 e. The molecule has 2 aliphatic rings. The summed E-state index contributed by atoms with van der Waals surface area (Å²) in [6.07, 6.45) is 1.04. The summed E-state index contributed by atoms with van der Waals surface area (Å²) in [5.41, 5.74) is 0.984. The lowest BCUT2D eigenvalue weighted by Gasteiger charge is -2.37. The Labute approximate surface area is 156 Å². The lowest BCUT2D eigenvalue weighted by Crippen LogP contribution is -2.46. The Bertz CT molecular complexity index is 1000. The Kier molecular flexibility index (Phi) is 3.98. The molecule has 3 heterocycles. The van der Waals surface area contributed by atoms with E-state index in [4.69, 9.17) is 9.15 Å². The van der Waals surface area contributed by atoms with Crippen LogP contribution in [0.2, 0.25) is 0 Å². The van der Waals surface area contributed by atoms with Gasteiger partial charge in [0.05, 0.1) is 17.5 Å². The van der Waals surface area contributed by atoms with Gasteiger partial charge in [0.1, 0.15) is 5.60 Å². The van der Waals surface area contributed by atoms with Crippen LogP contribution in [0, 0.1) is 6.92 Å². The number of hydrogen-bond acceptors (Lipinski definition) is 6. The first-order chi connectivity index (χ1) is 12.8. The van der Waals surface area contributed by atoms with Gasteiger partial charge in [-0.05, 0) is 31.5 Å². The molecular formula is C20H22N2O5. The van der Waals surface area contributed by atoms with Gasteiger partial charge in [-0.2, -0.15) is 0 Å². The molecule has 2 saturated heterocycles. The van der Waals surface area contributed by atoms with E-state index >= 15 is 0 Å². The van der Waals surface area contributed by atoms with Crippen LogP contribution < -0.4 is 10.3 Å². The number of likely N-dealkylation sites (N-methyl/N-ethyl adjacent to an activating group) is 1. The summed E-state index contributed by atoms with van der Waals surface area (Å²) in [4.78, 5) is 39.9. The van der Waals surface area contributed by atoms with E-state index in [2.05, 4.69) is 0 Å². The second-order valence-corrected chi connectivity index (χ2v) is 7.59. The summed E-state index contributed by atoms with van der Waals surface area (Å²) in [6.45, 7) is 5.11. The molecule has 0 saturated carbocycles. The third-order valence-corrected chi connectivity index (χ3v) is 5.47. The Morgan fingerprint density at radius 2 is 1.85 bits per heavy atom. The number of ether oxygens (including phenoxy) is 1. The second kappa shape index (κ2) is 6.11. The lowest BCUT2D eigenvalue weighted by molar-refractivity contribution is 0.0361. The summed E-state index contributed by atoms with van der Waals surface area (Å²) >= 11 is 0. The van der Waals surface area contributed by atoms with E-state index in [0.29, 0.717) is 54.9 Å². The van der Waals surface area contributed by atoms with E-state index in [1.165, 1.54) is 13.0 Å². The molecule has 2 aromatic rings. The number of fused-ring (bicyclic) bond motifs is 1. The van der Waals surface area contributed by atoms with Crippen LogP contribution in [0.5, 0.6) is 0 Å². The van der Waals surface area contributed by atoms with E-state index in [-0.39, 0.29) is 17.3 Å². The molecule has 1 spiro atoms. The second-order valence-electron chi connectivity index (χ2n) is 7.59. The molecule has 7 nitrogen and oxygen atoms in total. The SMILES string of the molecule is CC(=O)c1cc(C)cc2c(=O)cc(N3CCC4(CC3)CN(C)C(=O)O4)oc12. The monoisotopic (exact) mass is 370 g/mol. The van der Waals surface area contributed by atoms with Crippen LogP contribution in [-0.4, -0.2) is 49.1 Å². The van der Waals surface area contributed by atoms with Crippen LogP contribution in [0.15, 0.2) is 27.4 Å². The average Bonchev–Trinajstić information content (AvgIpc) is 2.88. The Morgan fingerprint density at radius 1 is 1.15 bits per heavy atom. The van der Waals surface area contributed by atoms with E-state index < -0.39 is 5.60 Å². The molecule has 0 bridgehead atoms.